The van der Waals surface area contributed by atoms with Gasteiger partial charge in [-0.05, 0) is 19.3 Å². The summed E-state index contributed by atoms with van der Waals surface area (Å²) in [5.41, 5.74) is -1.07. The maximum Gasteiger partial charge on any atom is 0.211 e. The summed E-state index contributed by atoms with van der Waals surface area (Å²) in [5, 5.41) is 9.97. The Bertz CT molecular complexity index is 290. The predicted octanol–water partition coefficient (Wildman–Crippen LogP) is 1.06. The van der Waals surface area contributed by atoms with Gasteiger partial charge < -0.3 is 5.11 Å². The van der Waals surface area contributed by atoms with Crippen molar-refractivity contribution < 1.29 is 17.9 Å². The van der Waals surface area contributed by atoms with E-state index < -0.39 is 22.3 Å². The summed E-state index contributed by atoms with van der Waals surface area (Å²) in [4.78, 5) is 0. The molecule has 2 atom stereocenters. The smallest absolute Gasteiger partial charge is 0.211 e. The van der Waals surface area contributed by atoms with Crippen LogP contribution in [0.4, 0.5) is 4.39 Å². The number of hydrogen-bond acceptors (Lipinski definition) is 3. The summed E-state index contributed by atoms with van der Waals surface area (Å²) >= 11 is 0. The number of rotatable bonds is 8. The Morgan fingerprint density at radius 1 is 1.50 bits per heavy atom. The topological polar surface area (TPSA) is 66.4 Å². The Kier molecular flexibility index (Phi) is 6.43. The highest BCUT2D eigenvalue weighted by Gasteiger charge is 2.28. The lowest BCUT2D eigenvalue weighted by atomic mass is 9.89. The molecular formula is C10H22FNO3S. The average molecular weight is 255 g/mol. The fraction of sp³-hybridized carbons (Fsp3) is 1.00. The molecule has 0 heterocycles. The molecule has 0 bridgehead atoms. The molecule has 0 fully saturated rings. The van der Waals surface area contributed by atoms with E-state index in [-0.39, 0.29) is 24.6 Å². The van der Waals surface area contributed by atoms with Gasteiger partial charge in [-0.25, -0.2) is 13.1 Å². The van der Waals surface area contributed by atoms with Gasteiger partial charge in [-0.15, -0.1) is 0 Å². The molecule has 0 spiro atoms. The quantitative estimate of drug-likeness (QED) is 0.681. The molecule has 98 valence electrons. The van der Waals surface area contributed by atoms with Crippen LogP contribution in [0.25, 0.3) is 0 Å². The van der Waals surface area contributed by atoms with Gasteiger partial charge in [0.05, 0.1) is 18.0 Å². The van der Waals surface area contributed by atoms with E-state index in [0.29, 0.717) is 0 Å². The van der Waals surface area contributed by atoms with Crippen LogP contribution in [0, 0.1) is 5.92 Å². The fourth-order valence-electron chi connectivity index (χ4n) is 1.19. The first-order valence-electron chi connectivity index (χ1n) is 5.51. The van der Waals surface area contributed by atoms with Crippen molar-refractivity contribution in [1.82, 2.24) is 4.72 Å². The number of sulfonamides is 1. The second-order valence-corrected chi connectivity index (χ2v) is 6.28. The minimum absolute atomic E-state index is 0.00336. The molecule has 0 aromatic heterocycles. The van der Waals surface area contributed by atoms with Gasteiger partial charge in [0.15, 0.2) is 0 Å². The van der Waals surface area contributed by atoms with Crippen LogP contribution in [0.15, 0.2) is 0 Å². The zero-order valence-electron chi connectivity index (χ0n) is 10.2. The molecule has 6 heteroatoms. The Hall–Kier alpha value is -0.200. The highest BCUT2D eigenvalue weighted by molar-refractivity contribution is 7.89. The number of hydrogen-bond donors (Lipinski definition) is 2. The van der Waals surface area contributed by atoms with Crippen molar-refractivity contribution in [1.29, 1.82) is 0 Å². The second kappa shape index (κ2) is 6.51. The minimum Gasteiger partial charge on any atom is -0.389 e. The van der Waals surface area contributed by atoms with Gasteiger partial charge in [-0.1, -0.05) is 20.3 Å². The van der Waals surface area contributed by atoms with Gasteiger partial charge in [0, 0.05) is 6.54 Å². The van der Waals surface area contributed by atoms with Crippen LogP contribution in [0.3, 0.4) is 0 Å². The minimum atomic E-state index is -3.47. The third-order valence-electron chi connectivity index (χ3n) is 2.87. The molecule has 0 rings (SSSR count). The summed E-state index contributed by atoms with van der Waals surface area (Å²) in [6.45, 7) is 4.70. The zero-order chi connectivity index (χ0) is 12.8. The summed E-state index contributed by atoms with van der Waals surface area (Å²) in [5.74, 6) is -0.239. The fourth-order valence-corrected chi connectivity index (χ4v) is 2.33. The summed E-state index contributed by atoms with van der Waals surface area (Å²) in [6.07, 6.45) is 0.750. The van der Waals surface area contributed by atoms with Crippen LogP contribution in [0.1, 0.15) is 33.6 Å². The number of nitrogens with one attached hydrogen (secondary N) is 1. The molecule has 0 aromatic rings. The van der Waals surface area contributed by atoms with Crippen molar-refractivity contribution in [3.63, 3.8) is 0 Å². The summed E-state index contributed by atoms with van der Waals surface area (Å²) < 4.78 is 36.9. The Labute approximate surface area is 97.3 Å². The molecule has 2 N–H and O–H groups in total. The van der Waals surface area contributed by atoms with E-state index in [4.69, 9.17) is 0 Å². The number of aliphatic hydroxyl groups is 1. The van der Waals surface area contributed by atoms with Crippen LogP contribution < -0.4 is 4.72 Å². The molecule has 16 heavy (non-hydrogen) atoms. The highest BCUT2D eigenvalue weighted by Crippen LogP contribution is 2.19. The molecule has 0 aromatic carbocycles. The average Bonchev–Trinajstić information content (AvgIpc) is 2.23. The Morgan fingerprint density at radius 3 is 2.50 bits per heavy atom. The molecule has 2 unspecified atom stereocenters. The normalized spacial score (nSPS) is 18.1. The van der Waals surface area contributed by atoms with E-state index in [1.54, 1.807) is 6.92 Å². The van der Waals surface area contributed by atoms with Crippen LogP contribution >= 0.6 is 0 Å². The molecule has 0 aliphatic heterocycles. The molecule has 0 aliphatic rings. The van der Waals surface area contributed by atoms with E-state index in [0.717, 1.165) is 6.42 Å². The first-order valence-corrected chi connectivity index (χ1v) is 7.16. The van der Waals surface area contributed by atoms with Crippen molar-refractivity contribution in [2.24, 2.45) is 5.92 Å². The summed E-state index contributed by atoms with van der Waals surface area (Å²) in [6, 6.07) is 0. The molecule has 0 radical (unpaired) electrons. The standard InChI is InChI=1S/C10H22FNO3S/c1-4-9(2)10(3,13)8-12-16(14,15)7-5-6-11/h9,12-13H,4-8H2,1-3H3. The van der Waals surface area contributed by atoms with Crippen molar-refractivity contribution >= 4 is 10.0 Å². The van der Waals surface area contributed by atoms with E-state index in [9.17, 15) is 17.9 Å². The van der Waals surface area contributed by atoms with Gasteiger partial charge in [-0.2, -0.15) is 0 Å². The third kappa shape index (κ3) is 5.77. The van der Waals surface area contributed by atoms with Gasteiger partial charge in [-0.3, -0.25) is 4.39 Å². The zero-order valence-corrected chi connectivity index (χ0v) is 11.0. The van der Waals surface area contributed by atoms with Crippen molar-refractivity contribution in [2.45, 2.75) is 39.2 Å². The third-order valence-corrected chi connectivity index (χ3v) is 4.28. The van der Waals surface area contributed by atoms with Crippen LogP contribution in [-0.2, 0) is 10.0 Å². The Morgan fingerprint density at radius 2 is 2.06 bits per heavy atom. The molecule has 4 nitrogen and oxygen atoms in total. The molecular weight excluding hydrogens is 233 g/mol. The highest BCUT2D eigenvalue weighted by atomic mass is 32.2. The maximum absolute atomic E-state index is 11.8. The first-order chi connectivity index (χ1) is 7.25. The van der Waals surface area contributed by atoms with Crippen LogP contribution in [-0.4, -0.2) is 38.1 Å². The number of alkyl halides is 1. The lowest BCUT2D eigenvalue weighted by Gasteiger charge is -2.29. The van der Waals surface area contributed by atoms with Crippen molar-refractivity contribution in [2.75, 3.05) is 19.0 Å². The lowest BCUT2D eigenvalue weighted by Crippen LogP contribution is -2.45. The van der Waals surface area contributed by atoms with Crippen molar-refractivity contribution in [3.05, 3.63) is 0 Å². The second-order valence-electron chi connectivity index (χ2n) is 4.35. The van der Waals surface area contributed by atoms with E-state index in [1.807, 2.05) is 13.8 Å². The van der Waals surface area contributed by atoms with Crippen LogP contribution in [0.5, 0.6) is 0 Å². The predicted molar refractivity (Wildman–Crippen MR) is 62.5 cm³/mol. The largest absolute Gasteiger partial charge is 0.389 e. The van der Waals surface area contributed by atoms with E-state index in [2.05, 4.69) is 4.72 Å². The van der Waals surface area contributed by atoms with Gasteiger partial charge in [0.25, 0.3) is 0 Å². The Balaban J connectivity index is 4.23. The van der Waals surface area contributed by atoms with Crippen LogP contribution in [0.2, 0.25) is 0 Å². The SMILES string of the molecule is CCC(C)C(C)(O)CNS(=O)(=O)CCCF. The maximum atomic E-state index is 11.8. The summed E-state index contributed by atoms with van der Waals surface area (Å²) in [7, 11) is -3.47. The molecule has 0 amide bonds. The molecule has 0 saturated heterocycles. The van der Waals surface area contributed by atoms with Gasteiger partial charge in [0.1, 0.15) is 0 Å². The van der Waals surface area contributed by atoms with Gasteiger partial charge in [0.2, 0.25) is 10.0 Å². The van der Waals surface area contributed by atoms with Gasteiger partial charge >= 0.3 is 0 Å². The monoisotopic (exact) mass is 255 g/mol. The lowest BCUT2D eigenvalue weighted by molar-refractivity contribution is 0.0102. The van der Waals surface area contributed by atoms with E-state index >= 15 is 0 Å². The first kappa shape index (κ1) is 15.8. The molecule has 0 saturated carbocycles. The van der Waals surface area contributed by atoms with Crippen molar-refractivity contribution in [3.8, 4) is 0 Å². The molecule has 0 aliphatic carbocycles. The van der Waals surface area contributed by atoms with E-state index in [1.165, 1.54) is 0 Å². The number of halogens is 1.